The standard InChI is InChI=1S/C33H36F3N7O4/c1-19-13-21(3-4-23(19)17-44)22-5-6-26(43-10-7-20(2)41-43)24(14-22)29(33(34,35)36)47-28-15-27(39-31(37)40-28)42-11-8-32(9-12-42)16-25(30(45)46)38-18-32/h3-7,10,13-15,25,29,38,44H,8-9,11-12,16-18H2,1-2H3,(H,45,46)(H2,37,39,40). The number of hydrogen-bond donors (Lipinski definition) is 4. The molecule has 6 rings (SSSR count). The second-order valence-corrected chi connectivity index (χ2v) is 12.4. The predicted octanol–water partition coefficient (Wildman–Crippen LogP) is 4.74. The molecule has 0 aliphatic carbocycles. The van der Waals surface area contributed by atoms with Crippen LogP contribution in [0, 0.1) is 19.3 Å². The number of aliphatic carboxylic acids is 1. The molecular formula is C33H36F3N7O4. The van der Waals surface area contributed by atoms with Crippen LogP contribution in [-0.2, 0) is 11.4 Å². The summed E-state index contributed by atoms with van der Waals surface area (Å²) in [5, 5.41) is 26.4. The van der Waals surface area contributed by atoms with Crippen molar-refractivity contribution in [3.8, 4) is 22.7 Å². The molecule has 4 heterocycles. The van der Waals surface area contributed by atoms with Crippen LogP contribution in [0.3, 0.4) is 0 Å². The molecule has 2 unspecified atom stereocenters. The Morgan fingerprint density at radius 2 is 1.83 bits per heavy atom. The van der Waals surface area contributed by atoms with Gasteiger partial charge >= 0.3 is 12.1 Å². The molecule has 2 atom stereocenters. The Labute approximate surface area is 269 Å². The van der Waals surface area contributed by atoms with Gasteiger partial charge in [0.15, 0.2) is 0 Å². The fourth-order valence-corrected chi connectivity index (χ4v) is 6.52. The number of hydrogen-bond acceptors (Lipinski definition) is 9. The first kappa shape index (κ1) is 32.3. The van der Waals surface area contributed by atoms with Gasteiger partial charge in [-0.3, -0.25) is 4.79 Å². The summed E-state index contributed by atoms with van der Waals surface area (Å²) >= 11 is 0. The number of carboxylic acid groups (broad SMARTS) is 1. The summed E-state index contributed by atoms with van der Waals surface area (Å²) in [7, 11) is 0. The molecule has 1 spiro atoms. The lowest BCUT2D eigenvalue weighted by Crippen LogP contribution is -2.41. The highest BCUT2D eigenvalue weighted by Crippen LogP contribution is 2.43. The molecule has 14 heteroatoms. The molecule has 0 radical (unpaired) electrons. The van der Waals surface area contributed by atoms with Crippen molar-refractivity contribution in [1.29, 1.82) is 0 Å². The number of nitrogens with zero attached hydrogens (tertiary/aromatic N) is 5. The fourth-order valence-electron chi connectivity index (χ4n) is 6.52. The van der Waals surface area contributed by atoms with E-state index in [-0.39, 0.29) is 35.1 Å². The molecule has 47 heavy (non-hydrogen) atoms. The first-order valence-corrected chi connectivity index (χ1v) is 15.3. The summed E-state index contributed by atoms with van der Waals surface area (Å²) in [4.78, 5) is 21.7. The van der Waals surface area contributed by atoms with Crippen LogP contribution in [0.2, 0.25) is 0 Å². The van der Waals surface area contributed by atoms with Crippen molar-refractivity contribution in [2.24, 2.45) is 5.41 Å². The van der Waals surface area contributed by atoms with Gasteiger partial charge in [-0.2, -0.15) is 28.2 Å². The molecule has 248 valence electrons. The van der Waals surface area contributed by atoms with E-state index in [4.69, 9.17) is 10.5 Å². The van der Waals surface area contributed by atoms with Crippen LogP contribution in [0.15, 0.2) is 54.7 Å². The van der Waals surface area contributed by atoms with Crippen LogP contribution in [0.25, 0.3) is 16.8 Å². The maximum Gasteiger partial charge on any atom is 0.429 e. The number of aryl methyl sites for hydroxylation is 2. The zero-order chi connectivity index (χ0) is 33.5. The summed E-state index contributed by atoms with van der Waals surface area (Å²) in [5.74, 6) is -1.11. The van der Waals surface area contributed by atoms with Crippen molar-refractivity contribution in [2.75, 3.05) is 30.3 Å². The molecular weight excluding hydrogens is 615 g/mol. The van der Waals surface area contributed by atoms with Gasteiger partial charge in [0.05, 0.1) is 18.0 Å². The number of ether oxygens (including phenoxy) is 1. The number of nitrogens with one attached hydrogen (secondary N) is 1. The minimum Gasteiger partial charge on any atom is -0.480 e. The summed E-state index contributed by atoms with van der Waals surface area (Å²) in [5.41, 5.74) is 9.19. The molecule has 2 aliphatic rings. The second kappa shape index (κ2) is 12.5. The molecule has 2 fully saturated rings. The first-order chi connectivity index (χ1) is 22.3. The van der Waals surface area contributed by atoms with E-state index >= 15 is 0 Å². The highest BCUT2D eigenvalue weighted by molar-refractivity contribution is 5.74. The molecule has 2 aromatic heterocycles. The molecule has 0 bridgehead atoms. The van der Waals surface area contributed by atoms with Crippen LogP contribution in [0.5, 0.6) is 5.88 Å². The SMILES string of the molecule is Cc1ccn(-c2ccc(-c3ccc(CO)c(C)c3)cc2C(Oc2cc(N3CCC4(CC3)CNC(C(=O)O)C4)nc(N)n2)C(F)(F)F)n1. The summed E-state index contributed by atoms with van der Waals surface area (Å²) in [6.07, 6.45) is -3.82. The Balaban J connectivity index is 1.33. The number of nitrogens with two attached hydrogens (primary N) is 1. The third-order valence-corrected chi connectivity index (χ3v) is 9.17. The number of nitrogen functional groups attached to an aromatic ring is 1. The zero-order valence-corrected chi connectivity index (χ0v) is 26.0. The maximum absolute atomic E-state index is 15.0. The van der Waals surface area contributed by atoms with Crippen molar-refractivity contribution in [3.63, 3.8) is 0 Å². The van der Waals surface area contributed by atoms with Crippen LogP contribution < -0.4 is 20.7 Å². The Morgan fingerprint density at radius 3 is 2.45 bits per heavy atom. The van der Waals surface area contributed by atoms with E-state index in [1.165, 1.54) is 16.8 Å². The largest absolute Gasteiger partial charge is 0.480 e. The first-order valence-electron chi connectivity index (χ1n) is 15.3. The third-order valence-electron chi connectivity index (χ3n) is 9.17. The van der Waals surface area contributed by atoms with Crippen molar-refractivity contribution < 1.29 is 32.9 Å². The van der Waals surface area contributed by atoms with Crippen LogP contribution in [0.1, 0.15) is 47.8 Å². The molecule has 0 amide bonds. The van der Waals surface area contributed by atoms with E-state index in [1.807, 2.05) is 17.9 Å². The van der Waals surface area contributed by atoms with Gasteiger partial charge in [-0.05, 0) is 79.0 Å². The molecule has 0 saturated carbocycles. The normalized spacial score (nSPS) is 18.4. The number of aliphatic hydroxyl groups is 1. The molecule has 2 aromatic carbocycles. The Bertz CT molecular complexity index is 1790. The highest BCUT2D eigenvalue weighted by Gasteiger charge is 2.46. The predicted molar refractivity (Wildman–Crippen MR) is 168 cm³/mol. The molecule has 2 saturated heterocycles. The number of anilines is 2. The Kier molecular flexibility index (Phi) is 8.57. The summed E-state index contributed by atoms with van der Waals surface area (Å²) in [6.45, 7) is 5.06. The summed E-state index contributed by atoms with van der Waals surface area (Å²) < 4.78 is 52.0. The van der Waals surface area contributed by atoms with Crippen molar-refractivity contribution >= 4 is 17.7 Å². The minimum atomic E-state index is -4.86. The van der Waals surface area contributed by atoms with Gasteiger partial charge in [-0.25, -0.2) is 4.68 Å². The quantitative estimate of drug-likeness (QED) is 0.210. The summed E-state index contributed by atoms with van der Waals surface area (Å²) in [6, 6.07) is 12.5. The van der Waals surface area contributed by atoms with Gasteiger partial charge in [-0.1, -0.05) is 24.3 Å². The van der Waals surface area contributed by atoms with Gasteiger partial charge in [0.1, 0.15) is 11.9 Å². The molecule has 5 N–H and O–H groups in total. The van der Waals surface area contributed by atoms with Gasteiger partial charge in [-0.15, -0.1) is 0 Å². The van der Waals surface area contributed by atoms with Crippen molar-refractivity contribution in [1.82, 2.24) is 25.1 Å². The third kappa shape index (κ3) is 6.74. The lowest BCUT2D eigenvalue weighted by molar-refractivity contribution is -0.198. The lowest BCUT2D eigenvalue weighted by Gasteiger charge is -2.39. The van der Waals surface area contributed by atoms with E-state index in [0.717, 1.165) is 11.1 Å². The van der Waals surface area contributed by atoms with E-state index in [9.17, 15) is 28.2 Å². The Hall–Kier alpha value is -4.69. The average Bonchev–Trinajstić information content (AvgIpc) is 3.65. The topological polar surface area (TPSA) is 152 Å². The van der Waals surface area contributed by atoms with Gasteiger partial charge < -0.3 is 30.9 Å². The van der Waals surface area contributed by atoms with Crippen LogP contribution >= 0.6 is 0 Å². The highest BCUT2D eigenvalue weighted by atomic mass is 19.4. The number of rotatable bonds is 8. The number of benzene rings is 2. The van der Waals surface area contributed by atoms with Gasteiger partial charge in [0.2, 0.25) is 17.9 Å². The molecule has 2 aliphatic heterocycles. The second-order valence-electron chi connectivity index (χ2n) is 12.4. The van der Waals surface area contributed by atoms with Crippen LogP contribution in [-0.4, -0.2) is 67.8 Å². The Morgan fingerprint density at radius 1 is 1.11 bits per heavy atom. The van der Waals surface area contributed by atoms with E-state index in [2.05, 4.69) is 20.4 Å². The number of halogens is 3. The van der Waals surface area contributed by atoms with E-state index < -0.39 is 24.3 Å². The number of alkyl halides is 3. The van der Waals surface area contributed by atoms with E-state index in [0.29, 0.717) is 61.5 Å². The minimum absolute atomic E-state index is 0.149. The number of aromatic nitrogens is 4. The zero-order valence-electron chi connectivity index (χ0n) is 26.0. The smallest absolute Gasteiger partial charge is 0.429 e. The number of aliphatic hydroxyl groups excluding tert-OH is 1. The van der Waals surface area contributed by atoms with Crippen molar-refractivity contribution in [2.45, 2.75) is 58.0 Å². The van der Waals surface area contributed by atoms with E-state index in [1.54, 1.807) is 43.5 Å². The van der Waals surface area contributed by atoms with Crippen LogP contribution in [0.4, 0.5) is 24.9 Å². The number of carbonyl (C=O) groups is 1. The lowest BCUT2D eigenvalue weighted by atomic mass is 9.76. The average molecular weight is 652 g/mol. The molecule has 4 aromatic rings. The monoisotopic (exact) mass is 651 g/mol. The molecule has 11 nitrogen and oxygen atoms in total. The van der Waals surface area contributed by atoms with Gasteiger partial charge in [0.25, 0.3) is 0 Å². The number of carboxylic acids is 1. The fraction of sp³-hybridized carbons (Fsp3) is 0.394. The maximum atomic E-state index is 15.0. The number of piperidine rings is 1. The van der Waals surface area contributed by atoms with Crippen molar-refractivity contribution in [3.05, 3.63) is 77.1 Å². The van der Waals surface area contributed by atoms with Gasteiger partial charge in [0, 0.05) is 37.5 Å².